The first kappa shape index (κ1) is 13.0. The fourth-order valence-corrected chi connectivity index (χ4v) is 1.56. The maximum Gasteiger partial charge on any atom is 0.000691 e. The molecule has 0 bridgehead atoms. The Morgan fingerprint density at radius 1 is 1.00 bits per heavy atom. The molecule has 1 heteroatoms. The van der Waals surface area contributed by atoms with E-state index in [-0.39, 0.29) is 0 Å². The average Bonchev–Trinajstić information content (AvgIpc) is 2.14. The van der Waals surface area contributed by atoms with Gasteiger partial charge in [-0.2, -0.15) is 0 Å². The van der Waals surface area contributed by atoms with Crippen molar-refractivity contribution in [2.75, 3.05) is 19.6 Å². The van der Waals surface area contributed by atoms with Crippen LogP contribution in [0.1, 0.15) is 53.4 Å². The summed E-state index contributed by atoms with van der Waals surface area (Å²) < 4.78 is 0. The van der Waals surface area contributed by atoms with Crippen molar-refractivity contribution >= 4 is 0 Å². The van der Waals surface area contributed by atoms with Crippen LogP contribution in [0.15, 0.2) is 0 Å². The van der Waals surface area contributed by atoms with Crippen molar-refractivity contribution in [3.05, 3.63) is 0 Å². The maximum absolute atomic E-state index is 2.62. The summed E-state index contributed by atoms with van der Waals surface area (Å²) in [6.07, 6.45) is 5.28. The van der Waals surface area contributed by atoms with Crippen molar-refractivity contribution in [3.63, 3.8) is 0 Å². The van der Waals surface area contributed by atoms with E-state index in [9.17, 15) is 0 Å². The van der Waals surface area contributed by atoms with Gasteiger partial charge in [-0.05, 0) is 31.8 Å². The van der Waals surface area contributed by atoms with E-state index in [1.54, 1.807) is 0 Å². The SMILES string of the molecule is CCCCN(CCC)CC(C)CC. The largest absolute Gasteiger partial charge is 0.303 e. The van der Waals surface area contributed by atoms with E-state index in [0.29, 0.717) is 0 Å². The zero-order valence-electron chi connectivity index (χ0n) is 9.97. The minimum Gasteiger partial charge on any atom is -0.303 e. The molecule has 0 N–H and O–H groups in total. The van der Waals surface area contributed by atoms with Gasteiger partial charge in [-0.25, -0.2) is 0 Å². The molecule has 1 nitrogen and oxygen atoms in total. The molecule has 13 heavy (non-hydrogen) atoms. The normalized spacial score (nSPS) is 13.6. The highest BCUT2D eigenvalue weighted by molar-refractivity contribution is 4.61. The Morgan fingerprint density at radius 2 is 1.69 bits per heavy atom. The van der Waals surface area contributed by atoms with Crippen molar-refractivity contribution < 1.29 is 0 Å². The standard InChI is InChI=1S/C12H27N/c1-5-8-10-13(9-6-2)11-12(4)7-3/h12H,5-11H2,1-4H3. The molecule has 0 saturated heterocycles. The van der Waals surface area contributed by atoms with E-state index >= 15 is 0 Å². The van der Waals surface area contributed by atoms with Crippen molar-refractivity contribution in [3.8, 4) is 0 Å². The van der Waals surface area contributed by atoms with Crippen LogP contribution in [-0.4, -0.2) is 24.5 Å². The topological polar surface area (TPSA) is 3.24 Å². The fourth-order valence-electron chi connectivity index (χ4n) is 1.56. The molecule has 0 heterocycles. The Morgan fingerprint density at radius 3 is 2.15 bits per heavy atom. The van der Waals surface area contributed by atoms with Gasteiger partial charge in [0.1, 0.15) is 0 Å². The van der Waals surface area contributed by atoms with Gasteiger partial charge in [0, 0.05) is 6.54 Å². The van der Waals surface area contributed by atoms with Crippen LogP contribution in [0.4, 0.5) is 0 Å². The molecular weight excluding hydrogens is 158 g/mol. The van der Waals surface area contributed by atoms with E-state index in [4.69, 9.17) is 0 Å². The minimum atomic E-state index is 0.864. The van der Waals surface area contributed by atoms with Crippen LogP contribution < -0.4 is 0 Å². The molecule has 0 spiro atoms. The van der Waals surface area contributed by atoms with Gasteiger partial charge in [0.05, 0.1) is 0 Å². The molecule has 0 aliphatic carbocycles. The Kier molecular flexibility index (Phi) is 8.53. The van der Waals surface area contributed by atoms with E-state index in [2.05, 4.69) is 32.6 Å². The van der Waals surface area contributed by atoms with Gasteiger partial charge in [0.25, 0.3) is 0 Å². The Bertz CT molecular complexity index is 101. The first-order valence-electron chi connectivity index (χ1n) is 5.96. The van der Waals surface area contributed by atoms with E-state index in [0.717, 1.165) is 5.92 Å². The van der Waals surface area contributed by atoms with Gasteiger partial charge in [-0.1, -0.05) is 40.5 Å². The number of hydrogen-bond donors (Lipinski definition) is 0. The van der Waals surface area contributed by atoms with Crippen LogP contribution in [0.25, 0.3) is 0 Å². The quantitative estimate of drug-likeness (QED) is 0.559. The predicted octanol–water partition coefficient (Wildman–Crippen LogP) is 3.54. The summed E-state index contributed by atoms with van der Waals surface area (Å²) in [6.45, 7) is 13.1. The Labute approximate surface area is 84.5 Å². The van der Waals surface area contributed by atoms with E-state index < -0.39 is 0 Å². The van der Waals surface area contributed by atoms with Crippen LogP contribution in [0.2, 0.25) is 0 Å². The predicted molar refractivity (Wildman–Crippen MR) is 61.1 cm³/mol. The number of rotatable bonds is 8. The highest BCUT2D eigenvalue weighted by atomic mass is 15.1. The van der Waals surface area contributed by atoms with Gasteiger partial charge in [-0.3, -0.25) is 0 Å². The van der Waals surface area contributed by atoms with Gasteiger partial charge < -0.3 is 4.90 Å². The third kappa shape index (κ3) is 7.06. The Balaban J connectivity index is 3.65. The zero-order chi connectivity index (χ0) is 10.1. The summed E-state index contributed by atoms with van der Waals surface area (Å²) in [4.78, 5) is 2.62. The summed E-state index contributed by atoms with van der Waals surface area (Å²) in [5.74, 6) is 0.864. The summed E-state index contributed by atoms with van der Waals surface area (Å²) >= 11 is 0. The number of unbranched alkanes of at least 4 members (excludes halogenated alkanes) is 1. The molecule has 0 aromatic heterocycles. The lowest BCUT2D eigenvalue weighted by Gasteiger charge is -2.24. The summed E-state index contributed by atoms with van der Waals surface area (Å²) in [7, 11) is 0. The van der Waals surface area contributed by atoms with Crippen LogP contribution in [0, 0.1) is 5.92 Å². The maximum atomic E-state index is 2.62. The molecule has 0 aliphatic rings. The van der Waals surface area contributed by atoms with Crippen LogP contribution in [-0.2, 0) is 0 Å². The third-order valence-electron chi connectivity index (χ3n) is 2.63. The second kappa shape index (κ2) is 8.55. The summed E-state index contributed by atoms with van der Waals surface area (Å²) in [5.41, 5.74) is 0. The number of nitrogens with zero attached hydrogens (tertiary/aromatic N) is 1. The molecule has 0 fully saturated rings. The van der Waals surface area contributed by atoms with Crippen molar-refractivity contribution in [2.24, 2.45) is 5.92 Å². The second-order valence-electron chi connectivity index (χ2n) is 4.17. The molecule has 0 aliphatic heterocycles. The highest BCUT2D eigenvalue weighted by Crippen LogP contribution is 2.06. The third-order valence-corrected chi connectivity index (χ3v) is 2.63. The fraction of sp³-hybridized carbons (Fsp3) is 1.00. The first-order chi connectivity index (χ1) is 6.24. The molecular formula is C12H27N. The average molecular weight is 185 g/mol. The summed E-state index contributed by atoms with van der Waals surface area (Å²) in [6, 6.07) is 0. The molecule has 0 aromatic rings. The van der Waals surface area contributed by atoms with Gasteiger partial charge in [0.15, 0.2) is 0 Å². The van der Waals surface area contributed by atoms with Crippen LogP contribution >= 0.6 is 0 Å². The molecule has 0 radical (unpaired) electrons. The van der Waals surface area contributed by atoms with Gasteiger partial charge in [-0.15, -0.1) is 0 Å². The zero-order valence-corrected chi connectivity index (χ0v) is 9.97. The van der Waals surface area contributed by atoms with Crippen molar-refractivity contribution in [2.45, 2.75) is 53.4 Å². The van der Waals surface area contributed by atoms with E-state index in [1.807, 2.05) is 0 Å². The molecule has 0 saturated carbocycles. The van der Waals surface area contributed by atoms with Crippen LogP contribution in [0.3, 0.4) is 0 Å². The molecule has 0 rings (SSSR count). The molecule has 0 aromatic carbocycles. The smallest absolute Gasteiger partial charge is 0.000691 e. The van der Waals surface area contributed by atoms with Gasteiger partial charge >= 0.3 is 0 Å². The minimum absolute atomic E-state index is 0.864. The highest BCUT2D eigenvalue weighted by Gasteiger charge is 2.06. The van der Waals surface area contributed by atoms with Crippen LogP contribution in [0.5, 0.6) is 0 Å². The first-order valence-corrected chi connectivity index (χ1v) is 5.96. The lowest BCUT2D eigenvalue weighted by atomic mass is 10.1. The monoisotopic (exact) mass is 185 g/mol. The molecule has 1 unspecified atom stereocenters. The molecule has 80 valence electrons. The Hall–Kier alpha value is -0.0400. The van der Waals surface area contributed by atoms with Crippen molar-refractivity contribution in [1.29, 1.82) is 0 Å². The van der Waals surface area contributed by atoms with Crippen molar-refractivity contribution in [1.82, 2.24) is 4.90 Å². The molecule has 1 atom stereocenters. The lowest BCUT2D eigenvalue weighted by Crippen LogP contribution is -2.30. The van der Waals surface area contributed by atoms with Gasteiger partial charge in [0.2, 0.25) is 0 Å². The number of hydrogen-bond acceptors (Lipinski definition) is 1. The van der Waals surface area contributed by atoms with E-state index in [1.165, 1.54) is 45.3 Å². The summed E-state index contributed by atoms with van der Waals surface area (Å²) in [5, 5.41) is 0. The molecule has 0 amide bonds. The second-order valence-corrected chi connectivity index (χ2v) is 4.17. The lowest BCUT2D eigenvalue weighted by molar-refractivity contribution is 0.232.